The van der Waals surface area contributed by atoms with Crippen molar-refractivity contribution < 1.29 is 13.5 Å². The Morgan fingerprint density at radius 1 is 1.57 bits per heavy atom. The van der Waals surface area contributed by atoms with Crippen molar-refractivity contribution in [1.29, 1.82) is 0 Å². The van der Waals surface area contributed by atoms with Crippen LogP contribution in [0.3, 0.4) is 0 Å². The van der Waals surface area contributed by atoms with Crippen LogP contribution in [0, 0.1) is 0 Å². The van der Waals surface area contributed by atoms with Crippen LogP contribution in [0.4, 0.5) is 8.78 Å². The molecule has 0 aromatic heterocycles. The molecule has 0 radical (unpaired) electrons. The Hall–Kier alpha value is -0.260. The molecule has 0 aromatic carbocycles. The summed E-state index contributed by atoms with van der Waals surface area (Å²) in [6.07, 6.45) is -1.85. The van der Waals surface area contributed by atoms with Crippen LogP contribution in [0.1, 0.15) is 13.3 Å². The normalized spacial score (nSPS) is 29.8. The van der Waals surface area contributed by atoms with Crippen molar-refractivity contribution in [3.05, 3.63) is 0 Å². The SMILES string of the molecule is CCN1CC[C@@H](OCC(F)F)[C@@H](N)C1. The van der Waals surface area contributed by atoms with Gasteiger partial charge in [0.1, 0.15) is 6.61 Å². The highest BCUT2D eigenvalue weighted by atomic mass is 19.3. The van der Waals surface area contributed by atoms with E-state index in [0.29, 0.717) is 0 Å². The number of nitrogens with two attached hydrogens (primary N) is 1. The lowest BCUT2D eigenvalue weighted by Gasteiger charge is -2.35. The average molecular weight is 208 g/mol. The van der Waals surface area contributed by atoms with Crippen molar-refractivity contribution in [2.75, 3.05) is 26.2 Å². The molecule has 3 nitrogen and oxygen atoms in total. The van der Waals surface area contributed by atoms with Crippen LogP contribution in [-0.4, -0.2) is 49.7 Å². The first-order valence-electron chi connectivity index (χ1n) is 5.01. The molecule has 0 amide bonds. The van der Waals surface area contributed by atoms with Crippen molar-refractivity contribution >= 4 is 0 Å². The summed E-state index contributed by atoms with van der Waals surface area (Å²) in [6.45, 7) is 4.15. The van der Waals surface area contributed by atoms with Crippen molar-refractivity contribution in [3.8, 4) is 0 Å². The number of nitrogens with zero attached hydrogens (tertiary/aromatic N) is 1. The van der Waals surface area contributed by atoms with Gasteiger partial charge >= 0.3 is 0 Å². The van der Waals surface area contributed by atoms with E-state index >= 15 is 0 Å². The minimum Gasteiger partial charge on any atom is -0.371 e. The van der Waals surface area contributed by atoms with Gasteiger partial charge in [0.2, 0.25) is 0 Å². The van der Waals surface area contributed by atoms with E-state index in [-0.39, 0.29) is 12.1 Å². The maximum atomic E-state index is 11.9. The summed E-state index contributed by atoms with van der Waals surface area (Å²) in [5.74, 6) is 0. The number of rotatable bonds is 4. The number of hydrogen-bond donors (Lipinski definition) is 1. The van der Waals surface area contributed by atoms with Crippen molar-refractivity contribution in [2.24, 2.45) is 5.73 Å². The number of hydrogen-bond acceptors (Lipinski definition) is 3. The van der Waals surface area contributed by atoms with E-state index in [1.54, 1.807) is 0 Å². The third-order valence-electron chi connectivity index (χ3n) is 2.56. The molecule has 1 aliphatic heterocycles. The van der Waals surface area contributed by atoms with E-state index in [1.165, 1.54) is 0 Å². The highest BCUT2D eigenvalue weighted by Gasteiger charge is 2.26. The second-order valence-corrected chi connectivity index (χ2v) is 3.61. The Labute approximate surface area is 83.2 Å². The molecule has 0 spiro atoms. The molecular formula is C9H18F2N2O. The lowest BCUT2D eigenvalue weighted by atomic mass is 10.0. The fourth-order valence-corrected chi connectivity index (χ4v) is 1.72. The highest BCUT2D eigenvalue weighted by Crippen LogP contribution is 2.13. The molecule has 0 bridgehead atoms. The number of likely N-dealkylation sites (tertiary alicyclic amines) is 1. The van der Waals surface area contributed by atoms with Gasteiger partial charge in [-0.2, -0.15) is 0 Å². The fourth-order valence-electron chi connectivity index (χ4n) is 1.72. The van der Waals surface area contributed by atoms with E-state index in [0.717, 1.165) is 26.1 Å². The first kappa shape index (κ1) is 11.8. The molecule has 0 aliphatic carbocycles. The van der Waals surface area contributed by atoms with Crippen LogP contribution in [0.25, 0.3) is 0 Å². The molecule has 0 unspecified atom stereocenters. The molecule has 0 saturated carbocycles. The Kier molecular flexibility index (Phi) is 4.71. The smallest absolute Gasteiger partial charge is 0.261 e. The van der Waals surface area contributed by atoms with E-state index in [4.69, 9.17) is 10.5 Å². The Bertz CT molecular complexity index is 169. The molecule has 1 fully saturated rings. The summed E-state index contributed by atoms with van der Waals surface area (Å²) in [5.41, 5.74) is 5.82. The van der Waals surface area contributed by atoms with Crippen LogP contribution in [0.5, 0.6) is 0 Å². The maximum Gasteiger partial charge on any atom is 0.261 e. The molecule has 2 atom stereocenters. The maximum absolute atomic E-state index is 11.9. The minimum absolute atomic E-state index is 0.137. The first-order valence-corrected chi connectivity index (χ1v) is 5.01. The number of piperidine rings is 1. The first-order chi connectivity index (χ1) is 6.63. The second kappa shape index (κ2) is 5.58. The van der Waals surface area contributed by atoms with Gasteiger partial charge in [0.25, 0.3) is 6.43 Å². The topological polar surface area (TPSA) is 38.5 Å². The lowest BCUT2D eigenvalue weighted by molar-refractivity contribution is -0.0540. The number of likely N-dealkylation sites (N-methyl/N-ethyl adjacent to an activating group) is 1. The van der Waals surface area contributed by atoms with Gasteiger partial charge in [-0.1, -0.05) is 6.92 Å². The van der Waals surface area contributed by atoms with Gasteiger partial charge in [0.05, 0.1) is 6.10 Å². The Morgan fingerprint density at radius 3 is 2.79 bits per heavy atom. The Balaban J connectivity index is 2.27. The van der Waals surface area contributed by atoms with Gasteiger partial charge in [0, 0.05) is 19.1 Å². The third-order valence-corrected chi connectivity index (χ3v) is 2.56. The summed E-state index contributed by atoms with van der Waals surface area (Å²) in [6, 6.07) is -0.137. The van der Waals surface area contributed by atoms with Gasteiger partial charge in [0.15, 0.2) is 0 Å². The monoisotopic (exact) mass is 208 g/mol. The van der Waals surface area contributed by atoms with Crippen molar-refractivity contribution in [1.82, 2.24) is 4.90 Å². The lowest BCUT2D eigenvalue weighted by Crippen LogP contribution is -2.52. The molecule has 0 aromatic rings. The molecule has 1 rings (SSSR count). The summed E-state index contributed by atoms with van der Waals surface area (Å²) in [5, 5.41) is 0. The molecule has 84 valence electrons. The standard InChI is InChI=1S/C9H18F2N2O/c1-2-13-4-3-8(7(12)5-13)14-6-9(10)11/h7-9H,2-6,12H2,1H3/t7-,8+/m0/s1. The van der Waals surface area contributed by atoms with Gasteiger partial charge in [-0.3, -0.25) is 0 Å². The molecule has 2 N–H and O–H groups in total. The summed E-state index contributed by atoms with van der Waals surface area (Å²) < 4.78 is 28.8. The van der Waals surface area contributed by atoms with E-state index in [2.05, 4.69) is 11.8 Å². The number of ether oxygens (including phenoxy) is 1. The Morgan fingerprint density at radius 2 is 2.29 bits per heavy atom. The van der Waals surface area contributed by atoms with Crippen LogP contribution >= 0.6 is 0 Å². The molecule has 14 heavy (non-hydrogen) atoms. The highest BCUT2D eigenvalue weighted by molar-refractivity contribution is 4.83. The van der Waals surface area contributed by atoms with E-state index in [1.807, 2.05) is 0 Å². The predicted molar refractivity (Wildman–Crippen MR) is 50.5 cm³/mol. The molecule has 1 heterocycles. The zero-order valence-electron chi connectivity index (χ0n) is 8.46. The van der Waals surface area contributed by atoms with E-state index < -0.39 is 13.0 Å². The predicted octanol–water partition coefficient (Wildman–Crippen LogP) is 0.690. The largest absolute Gasteiger partial charge is 0.371 e. The number of halogens is 2. The summed E-state index contributed by atoms with van der Waals surface area (Å²) >= 11 is 0. The van der Waals surface area contributed by atoms with Gasteiger partial charge in [-0.15, -0.1) is 0 Å². The van der Waals surface area contributed by atoms with Crippen LogP contribution in [-0.2, 0) is 4.74 Å². The molecule has 1 saturated heterocycles. The molecular weight excluding hydrogens is 190 g/mol. The van der Waals surface area contributed by atoms with Gasteiger partial charge in [-0.25, -0.2) is 8.78 Å². The average Bonchev–Trinajstić information content (AvgIpc) is 2.15. The van der Waals surface area contributed by atoms with Crippen LogP contribution in [0.2, 0.25) is 0 Å². The fraction of sp³-hybridized carbons (Fsp3) is 1.00. The second-order valence-electron chi connectivity index (χ2n) is 3.61. The van der Waals surface area contributed by atoms with Crippen LogP contribution in [0.15, 0.2) is 0 Å². The quantitative estimate of drug-likeness (QED) is 0.738. The van der Waals surface area contributed by atoms with Crippen LogP contribution < -0.4 is 5.73 Å². The minimum atomic E-state index is -2.40. The zero-order valence-corrected chi connectivity index (χ0v) is 8.46. The van der Waals surface area contributed by atoms with Crippen molar-refractivity contribution in [3.63, 3.8) is 0 Å². The number of alkyl halides is 2. The zero-order chi connectivity index (χ0) is 10.6. The summed E-state index contributed by atoms with van der Waals surface area (Å²) in [7, 11) is 0. The van der Waals surface area contributed by atoms with Crippen molar-refractivity contribution in [2.45, 2.75) is 31.9 Å². The third kappa shape index (κ3) is 3.48. The van der Waals surface area contributed by atoms with Gasteiger partial charge < -0.3 is 15.4 Å². The van der Waals surface area contributed by atoms with E-state index in [9.17, 15) is 8.78 Å². The summed E-state index contributed by atoms with van der Waals surface area (Å²) in [4.78, 5) is 2.20. The molecule has 5 heteroatoms. The molecule has 1 aliphatic rings. The van der Waals surface area contributed by atoms with Gasteiger partial charge in [-0.05, 0) is 13.0 Å².